The molecule has 168 valence electrons. The molecule has 2 aromatic carbocycles. The monoisotopic (exact) mass is 477 g/mol. The number of fused-ring (bicyclic) bond motifs is 1. The van der Waals surface area contributed by atoms with E-state index in [1.165, 1.54) is 11.3 Å². The molecular formula is C26H23NO4S2. The Labute approximate surface area is 202 Å². The van der Waals surface area contributed by atoms with Gasteiger partial charge in [0, 0.05) is 40.2 Å². The molecule has 0 saturated heterocycles. The number of carbonyl (C=O) groups is 1. The van der Waals surface area contributed by atoms with E-state index in [1.807, 2.05) is 61.5 Å². The van der Waals surface area contributed by atoms with E-state index in [1.54, 1.807) is 20.4 Å². The van der Waals surface area contributed by atoms with Gasteiger partial charge in [-0.3, -0.25) is 9.78 Å². The molecule has 0 amide bonds. The zero-order valence-corrected chi connectivity index (χ0v) is 20.2. The summed E-state index contributed by atoms with van der Waals surface area (Å²) in [6.45, 7) is 1.99. The van der Waals surface area contributed by atoms with Crippen LogP contribution < -0.4 is 14.2 Å². The number of carbonyl (C=O) groups excluding carboxylic acids is 1. The molecule has 7 heteroatoms. The Morgan fingerprint density at radius 1 is 0.970 bits per heavy atom. The Kier molecular flexibility index (Phi) is 7.01. The average molecular weight is 478 g/mol. The summed E-state index contributed by atoms with van der Waals surface area (Å²) < 4.78 is 16.9. The van der Waals surface area contributed by atoms with Gasteiger partial charge in [-0.25, -0.2) is 0 Å². The van der Waals surface area contributed by atoms with E-state index in [2.05, 4.69) is 4.98 Å². The fourth-order valence-corrected chi connectivity index (χ4v) is 4.58. The van der Waals surface area contributed by atoms with Crippen molar-refractivity contribution in [1.29, 1.82) is 0 Å². The minimum Gasteiger partial charge on any atom is -0.493 e. The molecule has 2 heterocycles. The maximum Gasteiger partial charge on any atom is 0.177 e. The lowest BCUT2D eigenvalue weighted by Crippen LogP contribution is -2.07. The molecule has 33 heavy (non-hydrogen) atoms. The smallest absolute Gasteiger partial charge is 0.177 e. The average Bonchev–Trinajstić information content (AvgIpc) is 3.26. The molecule has 4 rings (SSSR count). The number of thiocarbonyl (C=S) groups is 1. The van der Waals surface area contributed by atoms with Crippen LogP contribution in [0, 0.1) is 6.92 Å². The number of Topliss-reactive ketones (excluding diaryl/α,β-unsaturated/α-hetero) is 1. The fraction of sp³-hybridized carbons (Fsp3) is 0.192. The third kappa shape index (κ3) is 5.38. The second-order valence-electron chi connectivity index (χ2n) is 7.51. The second-order valence-corrected chi connectivity index (χ2v) is 9.37. The van der Waals surface area contributed by atoms with Crippen LogP contribution in [0.3, 0.4) is 0 Å². The van der Waals surface area contributed by atoms with Crippen molar-refractivity contribution in [2.75, 3.05) is 14.2 Å². The lowest BCUT2D eigenvalue weighted by molar-refractivity contribution is 0.100. The summed E-state index contributed by atoms with van der Waals surface area (Å²) in [7, 11) is 3.19. The van der Waals surface area contributed by atoms with Crippen molar-refractivity contribution in [3.8, 4) is 23.0 Å². The summed E-state index contributed by atoms with van der Waals surface area (Å²) in [6.07, 6.45) is 2.55. The van der Waals surface area contributed by atoms with E-state index < -0.39 is 0 Å². The Balaban J connectivity index is 1.45. The topological polar surface area (TPSA) is 57.7 Å². The Morgan fingerprint density at radius 2 is 1.70 bits per heavy atom. The first-order valence-electron chi connectivity index (χ1n) is 10.4. The van der Waals surface area contributed by atoms with Crippen LogP contribution in [-0.4, -0.2) is 29.9 Å². The minimum absolute atomic E-state index is 0.0784. The Bertz CT molecular complexity index is 1310. The van der Waals surface area contributed by atoms with Gasteiger partial charge in [-0.1, -0.05) is 24.4 Å². The van der Waals surface area contributed by atoms with Gasteiger partial charge in [0.25, 0.3) is 0 Å². The van der Waals surface area contributed by atoms with Gasteiger partial charge in [-0.2, -0.15) is 0 Å². The number of nitrogens with zero attached hydrogens (tertiary/aromatic N) is 1. The lowest BCUT2D eigenvalue weighted by atomic mass is 10.1. The van der Waals surface area contributed by atoms with E-state index in [4.69, 9.17) is 26.4 Å². The molecule has 0 N–H and O–H groups in total. The van der Waals surface area contributed by atoms with E-state index in [0.717, 1.165) is 31.1 Å². The highest BCUT2D eigenvalue weighted by atomic mass is 32.1. The van der Waals surface area contributed by atoms with Crippen LogP contribution in [0.5, 0.6) is 23.0 Å². The van der Waals surface area contributed by atoms with Crippen molar-refractivity contribution in [1.82, 2.24) is 4.98 Å². The number of methoxy groups -OCH3 is 2. The van der Waals surface area contributed by atoms with Crippen molar-refractivity contribution in [3.63, 3.8) is 0 Å². The summed E-state index contributed by atoms with van der Waals surface area (Å²) >= 11 is 6.98. The molecule has 0 aliphatic heterocycles. The second kappa shape index (κ2) is 10.1. The van der Waals surface area contributed by atoms with Crippen molar-refractivity contribution >= 4 is 45.1 Å². The quantitative estimate of drug-likeness (QED) is 0.200. The van der Waals surface area contributed by atoms with Gasteiger partial charge in [0.2, 0.25) is 0 Å². The third-order valence-electron chi connectivity index (χ3n) is 5.13. The Hall–Kier alpha value is -3.29. The molecule has 0 radical (unpaired) electrons. The number of hydrogen-bond donors (Lipinski definition) is 0. The highest BCUT2D eigenvalue weighted by Crippen LogP contribution is 2.36. The molecule has 2 aromatic heterocycles. The molecular weight excluding hydrogens is 454 g/mol. The zero-order valence-electron chi connectivity index (χ0n) is 18.6. The number of ketones is 1. The summed E-state index contributed by atoms with van der Waals surface area (Å²) in [5, 5.41) is 0.822. The fourth-order valence-electron chi connectivity index (χ4n) is 3.48. The van der Waals surface area contributed by atoms with Gasteiger partial charge >= 0.3 is 0 Å². The van der Waals surface area contributed by atoms with Crippen LogP contribution >= 0.6 is 23.6 Å². The molecule has 0 aliphatic rings. The predicted octanol–water partition coefficient (Wildman–Crippen LogP) is 6.60. The van der Waals surface area contributed by atoms with Crippen LogP contribution in [0.2, 0.25) is 0 Å². The zero-order chi connectivity index (χ0) is 23.4. The maximum absolute atomic E-state index is 12.4. The SMILES string of the molecule is COc1cc2nccc(Oc3ccc(CC(=S)CC(=O)c4ccc(C)s4)cc3)c2cc1OC. The number of thiophene rings is 1. The Morgan fingerprint density at radius 3 is 2.36 bits per heavy atom. The van der Waals surface area contributed by atoms with Crippen LogP contribution in [0.15, 0.2) is 60.8 Å². The molecule has 0 aliphatic carbocycles. The predicted molar refractivity (Wildman–Crippen MR) is 136 cm³/mol. The number of pyridine rings is 1. The van der Waals surface area contributed by atoms with E-state index in [0.29, 0.717) is 29.4 Å². The number of aromatic nitrogens is 1. The maximum atomic E-state index is 12.4. The van der Waals surface area contributed by atoms with Crippen molar-refractivity contribution in [2.45, 2.75) is 19.8 Å². The van der Waals surface area contributed by atoms with E-state index in [9.17, 15) is 4.79 Å². The third-order valence-corrected chi connectivity index (χ3v) is 6.46. The molecule has 0 spiro atoms. The molecule has 0 fully saturated rings. The van der Waals surface area contributed by atoms with E-state index in [-0.39, 0.29) is 12.2 Å². The molecule has 0 saturated carbocycles. The van der Waals surface area contributed by atoms with E-state index >= 15 is 0 Å². The molecule has 0 bridgehead atoms. The lowest BCUT2D eigenvalue weighted by Gasteiger charge is -2.12. The highest BCUT2D eigenvalue weighted by Gasteiger charge is 2.13. The van der Waals surface area contributed by atoms with Gasteiger partial charge < -0.3 is 14.2 Å². The summed E-state index contributed by atoms with van der Waals surface area (Å²) in [4.78, 5) is 19.4. The number of ether oxygens (including phenoxy) is 3. The number of aryl methyl sites for hydroxylation is 1. The van der Waals surface area contributed by atoms with Crippen LogP contribution in [0.1, 0.15) is 26.5 Å². The summed E-state index contributed by atoms with van der Waals surface area (Å²) in [6, 6.07) is 17.0. The molecule has 5 nitrogen and oxygen atoms in total. The van der Waals surface area contributed by atoms with Crippen LogP contribution in [-0.2, 0) is 6.42 Å². The summed E-state index contributed by atoms with van der Waals surface area (Å²) in [5.74, 6) is 2.66. The number of benzene rings is 2. The minimum atomic E-state index is 0.0784. The standard InChI is InChI=1S/C26H23NO4S2/c1-16-4-9-26(33-16)22(28)13-19(32)12-17-5-7-18(8-6-17)31-23-10-11-27-21-15-25(30-3)24(29-2)14-20(21)23/h4-11,14-15H,12-13H2,1-3H3. The first kappa shape index (κ1) is 22.9. The largest absolute Gasteiger partial charge is 0.493 e. The van der Waals surface area contributed by atoms with Crippen molar-refractivity contribution in [2.24, 2.45) is 0 Å². The van der Waals surface area contributed by atoms with Crippen LogP contribution in [0.25, 0.3) is 10.9 Å². The molecule has 0 unspecified atom stereocenters. The van der Waals surface area contributed by atoms with Crippen LogP contribution in [0.4, 0.5) is 0 Å². The van der Waals surface area contributed by atoms with Gasteiger partial charge in [-0.05, 0) is 48.9 Å². The van der Waals surface area contributed by atoms with Gasteiger partial charge in [-0.15, -0.1) is 11.3 Å². The van der Waals surface area contributed by atoms with Gasteiger partial charge in [0.1, 0.15) is 11.5 Å². The number of rotatable bonds is 9. The first-order valence-corrected chi connectivity index (χ1v) is 11.6. The van der Waals surface area contributed by atoms with Gasteiger partial charge in [0.15, 0.2) is 17.3 Å². The normalized spacial score (nSPS) is 10.8. The molecule has 0 atom stereocenters. The van der Waals surface area contributed by atoms with Gasteiger partial charge in [0.05, 0.1) is 24.6 Å². The summed E-state index contributed by atoms with van der Waals surface area (Å²) in [5.41, 5.74) is 1.78. The molecule has 4 aromatic rings. The highest BCUT2D eigenvalue weighted by molar-refractivity contribution is 7.80. The first-order chi connectivity index (χ1) is 16.0. The number of hydrogen-bond acceptors (Lipinski definition) is 7. The van der Waals surface area contributed by atoms with Crippen molar-refractivity contribution < 1.29 is 19.0 Å². The van der Waals surface area contributed by atoms with Crippen molar-refractivity contribution in [3.05, 3.63) is 76.1 Å².